The molecule has 0 amide bonds. The van der Waals surface area contributed by atoms with Gasteiger partial charge in [0.25, 0.3) is 0 Å². The first-order valence-electron chi connectivity index (χ1n) is 6.50. The van der Waals surface area contributed by atoms with E-state index in [4.69, 9.17) is 4.74 Å². The molecule has 0 aromatic carbocycles. The van der Waals surface area contributed by atoms with Gasteiger partial charge in [-0.2, -0.15) is 0 Å². The van der Waals surface area contributed by atoms with Crippen molar-refractivity contribution in [1.82, 2.24) is 4.57 Å². The van der Waals surface area contributed by atoms with E-state index in [1.807, 2.05) is 19.2 Å². The van der Waals surface area contributed by atoms with E-state index in [0.29, 0.717) is 12.1 Å². The Hall–Kier alpha value is -1.29. The van der Waals surface area contributed by atoms with Gasteiger partial charge in [0.2, 0.25) is 5.56 Å². The average molecular weight is 250 g/mol. The third-order valence-electron chi connectivity index (χ3n) is 3.97. The summed E-state index contributed by atoms with van der Waals surface area (Å²) >= 11 is 0. The molecule has 1 heterocycles. The van der Waals surface area contributed by atoms with Gasteiger partial charge < -0.3 is 14.6 Å². The molecule has 2 atom stereocenters. The second-order valence-corrected chi connectivity index (χ2v) is 5.56. The molecule has 4 heteroatoms. The highest BCUT2D eigenvalue weighted by Gasteiger charge is 2.48. The average Bonchev–Trinajstić information content (AvgIpc) is 2.32. The molecule has 100 valence electrons. The summed E-state index contributed by atoms with van der Waals surface area (Å²) in [6.45, 7) is 7.23. The zero-order valence-corrected chi connectivity index (χ0v) is 11.6. The fourth-order valence-corrected chi connectivity index (χ4v) is 2.49. The molecule has 0 spiro atoms. The zero-order valence-electron chi connectivity index (χ0n) is 11.6. The summed E-state index contributed by atoms with van der Waals surface area (Å²) in [6, 6.07) is 3.83. The predicted molar refractivity (Wildman–Crippen MR) is 72.9 cm³/mol. The number of rotatable bonds is 4. The minimum atomic E-state index is 0.0145. The molecule has 1 aliphatic carbocycles. The first kappa shape index (κ1) is 13.1. The maximum absolute atomic E-state index is 11.3. The van der Waals surface area contributed by atoms with E-state index in [2.05, 4.69) is 19.2 Å². The van der Waals surface area contributed by atoms with Crippen LogP contribution in [0.4, 0.5) is 5.69 Å². The van der Waals surface area contributed by atoms with Crippen LogP contribution in [-0.4, -0.2) is 23.3 Å². The number of ether oxygens (including phenoxy) is 1. The van der Waals surface area contributed by atoms with Gasteiger partial charge in [-0.3, -0.25) is 4.79 Å². The second kappa shape index (κ2) is 4.76. The largest absolute Gasteiger partial charge is 0.380 e. The Bertz CT molecular complexity index is 479. The highest BCUT2D eigenvalue weighted by molar-refractivity contribution is 5.43. The summed E-state index contributed by atoms with van der Waals surface area (Å²) < 4.78 is 7.30. The van der Waals surface area contributed by atoms with Gasteiger partial charge in [0.15, 0.2) is 0 Å². The van der Waals surface area contributed by atoms with Crippen molar-refractivity contribution in [3.63, 3.8) is 0 Å². The van der Waals surface area contributed by atoms with Crippen molar-refractivity contribution in [2.45, 2.75) is 39.3 Å². The van der Waals surface area contributed by atoms with Gasteiger partial charge >= 0.3 is 0 Å². The van der Waals surface area contributed by atoms with Crippen LogP contribution in [0.3, 0.4) is 0 Å². The summed E-state index contributed by atoms with van der Waals surface area (Å²) in [4.78, 5) is 11.3. The number of hydrogen-bond donors (Lipinski definition) is 1. The van der Waals surface area contributed by atoms with Crippen LogP contribution in [0.5, 0.6) is 0 Å². The highest BCUT2D eigenvalue weighted by atomic mass is 16.5. The minimum Gasteiger partial charge on any atom is -0.380 e. The van der Waals surface area contributed by atoms with Crippen LogP contribution in [0.25, 0.3) is 0 Å². The first-order valence-corrected chi connectivity index (χ1v) is 6.50. The van der Waals surface area contributed by atoms with E-state index < -0.39 is 0 Å². The number of hydrogen-bond acceptors (Lipinski definition) is 3. The normalized spacial score (nSPS) is 25.6. The standard InChI is InChI=1S/C14H22N2O2/c1-5-18-12-8-11(14(12,2)3)15-10-6-7-13(17)16(4)9-10/h6-7,9,11-12,15H,5,8H2,1-4H3. The molecule has 1 saturated carbocycles. The Balaban J connectivity index is 2.03. The summed E-state index contributed by atoms with van der Waals surface area (Å²) in [5, 5.41) is 3.49. The number of anilines is 1. The van der Waals surface area contributed by atoms with Crippen LogP contribution < -0.4 is 10.9 Å². The number of nitrogens with zero attached hydrogens (tertiary/aromatic N) is 1. The number of pyridine rings is 1. The van der Waals surface area contributed by atoms with Crippen molar-refractivity contribution < 1.29 is 4.74 Å². The van der Waals surface area contributed by atoms with Gasteiger partial charge in [0.05, 0.1) is 11.8 Å². The lowest BCUT2D eigenvalue weighted by atomic mass is 9.64. The number of nitrogens with one attached hydrogen (secondary N) is 1. The molecule has 2 unspecified atom stereocenters. The summed E-state index contributed by atoms with van der Waals surface area (Å²) in [7, 11) is 1.77. The molecule has 4 nitrogen and oxygen atoms in total. The summed E-state index contributed by atoms with van der Waals surface area (Å²) in [6.07, 6.45) is 3.18. The van der Waals surface area contributed by atoms with E-state index in [1.165, 1.54) is 0 Å². The van der Waals surface area contributed by atoms with Crippen LogP contribution in [-0.2, 0) is 11.8 Å². The molecule has 0 bridgehead atoms. The lowest BCUT2D eigenvalue weighted by Gasteiger charge is -2.52. The molecule has 2 rings (SSSR count). The van der Waals surface area contributed by atoms with E-state index in [0.717, 1.165) is 18.7 Å². The molecular formula is C14H22N2O2. The number of aromatic nitrogens is 1. The summed E-state index contributed by atoms with van der Waals surface area (Å²) in [5.74, 6) is 0. The van der Waals surface area contributed by atoms with E-state index in [1.54, 1.807) is 17.7 Å². The highest BCUT2D eigenvalue weighted by Crippen LogP contribution is 2.44. The van der Waals surface area contributed by atoms with Crippen molar-refractivity contribution in [2.24, 2.45) is 12.5 Å². The molecule has 1 aromatic heterocycles. The third kappa shape index (κ3) is 2.29. The quantitative estimate of drug-likeness (QED) is 0.889. The van der Waals surface area contributed by atoms with Crippen molar-refractivity contribution in [1.29, 1.82) is 0 Å². The van der Waals surface area contributed by atoms with Gasteiger partial charge in [0, 0.05) is 37.4 Å². The molecule has 0 radical (unpaired) electrons. The SMILES string of the molecule is CCOC1CC(Nc2ccc(=O)n(C)c2)C1(C)C. The van der Waals surface area contributed by atoms with Gasteiger partial charge in [-0.15, -0.1) is 0 Å². The monoisotopic (exact) mass is 250 g/mol. The Morgan fingerprint density at radius 2 is 2.22 bits per heavy atom. The van der Waals surface area contributed by atoms with Crippen LogP contribution in [0.15, 0.2) is 23.1 Å². The zero-order chi connectivity index (χ0) is 13.3. The Morgan fingerprint density at radius 1 is 1.50 bits per heavy atom. The number of aryl methyl sites for hydroxylation is 1. The fraction of sp³-hybridized carbons (Fsp3) is 0.643. The Morgan fingerprint density at radius 3 is 2.78 bits per heavy atom. The van der Waals surface area contributed by atoms with Crippen molar-refractivity contribution in [3.8, 4) is 0 Å². The lowest BCUT2D eigenvalue weighted by molar-refractivity contribution is -0.0976. The molecular weight excluding hydrogens is 228 g/mol. The maximum Gasteiger partial charge on any atom is 0.250 e. The van der Waals surface area contributed by atoms with Gasteiger partial charge in [-0.1, -0.05) is 13.8 Å². The van der Waals surface area contributed by atoms with Crippen LogP contribution in [0, 0.1) is 5.41 Å². The Kier molecular flexibility index (Phi) is 3.48. The second-order valence-electron chi connectivity index (χ2n) is 5.56. The molecule has 1 aromatic rings. The fourth-order valence-electron chi connectivity index (χ4n) is 2.49. The molecule has 0 saturated heterocycles. The minimum absolute atomic E-state index is 0.0145. The van der Waals surface area contributed by atoms with Gasteiger partial charge in [-0.25, -0.2) is 0 Å². The predicted octanol–water partition coefficient (Wildman–Crippen LogP) is 2.00. The van der Waals surface area contributed by atoms with Gasteiger partial charge in [-0.05, 0) is 19.4 Å². The maximum atomic E-state index is 11.3. The van der Waals surface area contributed by atoms with Crippen molar-refractivity contribution in [2.75, 3.05) is 11.9 Å². The van der Waals surface area contributed by atoms with Crippen LogP contribution in [0.2, 0.25) is 0 Å². The molecule has 0 aliphatic heterocycles. The van der Waals surface area contributed by atoms with Crippen LogP contribution >= 0.6 is 0 Å². The smallest absolute Gasteiger partial charge is 0.250 e. The lowest BCUT2D eigenvalue weighted by Crippen LogP contribution is -2.58. The first-order chi connectivity index (χ1) is 8.45. The van der Waals surface area contributed by atoms with Crippen LogP contribution in [0.1, 0.15) is 27.2 Å². The van der Waals surface area contributed by atoms with E-state index in [-0.39, 0.29) is 11.0 Å². The molecule has 18 heavy (non-hydrogen) atoms. The summed E-state index contributed by atoms with van der Waals surface area (Å²) in [5.41, 5.74) is 1.13. The Labute approximate surface area is 108 Å². The molecule has 1 fully saturated rings. The van der Waals surface area contributed by atoms with E-state index >= 15 is 0 Å². The molecule has 1 N–H and O–H groups in total. The molecule has 1 aliphatic rings. The van der Waals surface area contributed by atoms with Gasteiger partial charge in [0.1, 0.15) is 0 Å². The van der Waals surface area contributed by atoms with Crippen molar-refractivity contribution >= 4 is 5.69 Å². The van der Waals surface area contributed by atoms with Crippen molar-refractivity contribution in [3.05, 3.63) is 28.7 Å². The third-order valence-corrected chi connectivity index (χ3v) is 3.97. The van der Waals surface area contributed by atoms with E-state index in [9.17, 15) is 4.79 Å². The topological polar surface area (TPSA) is 43.3 Å².